The lowest BCUT2D eigenvalue weighted by Crippen LogP contribution is -2.44. The predicted octanol–water partition coefficient (Wildman–Crippen LogP) is 0.312. The maximum absolute atomic E-state index is 11.9. The Hall–Kier alpha value is -1.41. The minimum atomic E-state index is -3.43. The van der Waals surface area contributed by atoms with Crippen LogP contribution in [0.1, 0.15) is 20.3 Å². The summed E-state index contributed by atoms with van der Waals surface area (Å²) in [4.78, 5) is 18.5. The van der Waals surface area contributed by atoms with E-state index in [1.165, 1.54) is 6.20 Å². The molecule has 0 spiro atoms. The molecule has 3 N–H and O–H groups in total. The highest BCUT2D eigenvalue weighted by Gasteiger charge is 2.23. The number of aromatic amines is 1. The molecule has 0 aliphatic heterocycles. The van der Waals surface area contributed by atoms with Crippen LogP contribution in [0, 0.1) is 5.92 Å². The molecule has 0 saturated heterocycles. The Morgan fingerprint density at radius 3 is 2.61 bits per heavy atom. The molecule has 102 valence electrons. The van der Waals surface area contributed by atoms with Crippen molar-refractivity contribution >= 4 is 21.9 Å². The van der Waals surface area contributed by atoms with Crippen LogP contribution >= 0.6 is 0 Å². The summed E-state index contributed by atoms with van der Waals surface area (Å²) in [6, 6.07) is -0.801. The summed E-state index contributed by atoms with van der Waals surface area (Å²) in [6.07, 6.45) is 4.51. The molecule has 0 aliphatic carbocycles. The Morgan fingerprint density at radius 1 is 1.50 bits per heavy atom. The molecule has 0 aliphatic rings. The number of imidazole rings is 1. The Morgan fingerprint density at radius 2 is 2.17 bits per heavy atom. The van der Waals surface area contributed by atoms with E-state index >= 15 is 0 Å². The normalized spacial score (nSPS) is 13.6. The fourth-order valence-electron chi connectivity index (χ4n) is 1.48. The van der Waals surface area contributed by atoms with Crippen molar-refractivity contribution in [1.29, 1.82) is 0 Å². The molecule has 1 amide bonds. The van der Waals surface area contributed by atoms with Crippen LogP contribution in [-0.2, 0) is 14.8 Å². The number of amides is 1. The predicted molar refractivity (Wildman–Crippen MR) is 68.4 cm³/mol. The second kappa shape index (κ2) is 5.96. The number of nitrogens with zero attached hydrogens (tertiary/aromatic N) is 1. The van der Waals surface area contributed by atoms with E-state index in [0.717, 1.165) is 6.26 Å². The number of carbonyl (C=O) groups is 1. The molecule has 0 saturated carbocycles. The van der Waals surface area contributed by atoms with Crippen LogP contribution in [0.5, 0.6) is 0 Å². The maximum atomic E-state index is 11.9. The summed E-state index contributed by atoms with van der Waals surface area (Å²) in [7, 11) is -3.43. The third-order valence-electron chi connectivity index (χ3n) is 2.12. The van der Waals surface area contributed by atoms with E-state index in [1.807, 2.05) is 13.8 Å². The van der Waals surface area contributed by atoms with Crippen LogP contribution in [0.15, 0.2) is 12.4 Å². The van der Waals surface area contributed by atoms with Gasteiger partial charge in [-0.05, 0) is 12.3 Å². The summed E-state index contributed by atoms with van der Waals surface area (Å²) in [5.74, 6) is 0.0553. The van der Waals surface area contributed by atoms with E-state index in [0.29, 0.717) is 12.4 Å². The van der Waals surface area contributed by atoms with Crippen molar-refractivity contribution < 1.29 is 13.2 Å². The zero-order valence-corrected chi connectivity index (χ0v) is 11.4. The van der Waals surface area contributed by atoms with Gasteiger partial charge in [-0.15, -0.1) is 0 Å². The van der Waals surface area contributed by atoms with Crippen molar-refractivity contribution in [3.63, 3.8) is 0 Å². The zero-order valence-electron chi connectivity index (χ0n) is 10.6. The molecule has 0 aromatic carbocycles. The summed E-state index contributed by atoms with van der Waals surface area (Å²) in [6.45, 7) is 3.83. The largest absolute Gasteiger partial charge is 0.331 e. The first-order chi connectivity index (χ1) is 8.28. The van der Waals surface area contributed by atoms with Crippen molar-refractivity contribution in [3.05, 3.63) is 12.4 Å². The van der Waals surface area contributed by atoms with Gasteiger partial charge in [0.25, 0.3) is 0 Å². The third-order valence-corrected chi connectivity index (χ3v) is 2.83. The number of H-pyrrole nitrogens is 1. The Balaban J connectivity index is 2.72. The minimum Gasteiger partial charge on any atom is -0.331 e. The molecule has 0 radical (unpaired) electrons. The van der Waals surface area contributed by atoms with Crippen LogP contribution in [-0.4, -0.2) is 36.6 Å². The molecule has 1 aromatic heterocycles. The summed E-state index contributed by atoms with van der Waals surface area (Å²) >= 11 is 0. The summed E-state index contributed by atoms with van der Waals surface area (Å²) in [5, 5.41) is 2.52. The van der Waals surface area contributed by atoms with Crippen molar-refractivity contribution in [2.45, 2.75) is 26.3 Å². The van der Waals surface area contributed by atoms with Gasteiger partial charge in [0.1, 0.15) is 6.04 Å². The van der Waals surface area contributed by atoms with Gasteiger partial charge in [0, 0.05) is 12.4 Å². The minimum absolute atomic E-state index is 0.187. The quantitative estimate of drug-likeness (QED) is 0.694. The van der Waals surface area contributed by atoms with E-state index in [-0.39, 0.29) is 5.92 Å². The van der Waals surface area contributed by atoms with Crippen LogP contribution in [0.3, 0.4) is 0 Å². The number of sulfonamides is 1. The maximum Gasteiger partial charge on any atom is 0.244 e. The lowest BCUT2D eigenvalue weighted by atomic mass is 10.0. The number of hydrogen-bond acceptors (Lipinski definition) is 4. The lowest BCUT2D eigenvalue weighted by Gasteiger charge is -2.18. The molecular weight excluding hydrogens is 256 g/mol. The Bertz CT molecular complexity index is 481. The molecule has 0 fully saturated rings. The van der Waals surface area contributed by atoms with Crippen molar-refractivity contribution in [2.24, 2.45) is 5.92 Å². The van der Waals surface area contributed by atoms with Gasteiger partial charge in [-0.1, -0.05) is 13.8 Å². The molecule has 7 nitrogen and oxygen atoms in total. The SMILES string of the molecule is CC(C)CC(NS(C)(=O)=O)C(=O)Nc1ncc[nH]1. The number of hydrogen-bond donors (Lipinski definition) is 3. The standard InChI is InChI=1S/C10H18N4O3S/c1-7(2)6-8(14-18(3,16)17)9(15)13-10-11-4-5-12-10/h4-5,7-8,14H,6H2,1-3H3,(H2,11,12,13,15). The van der Waals surface area contributed by atoms with Crippen LogP contribution < -0.4 is 10.0 Å². The second-order valence-corrected chi connectivity index (χ2v) is 6.28. The monoisotopic (exact) mass is 274 g/mol. The van der Waals surface area contributed by atoms with Crippen LogP contribution in [0.4, 0.5) is 5.95 Å². The van der Waals surface area contributed by atoms with Gasteiger partial charge >= 0.3 is 0 Å². The van der Waals surface area contributed by atoms with Gasteiger partial charge in [0.05, 0.1) is 6.26 Å². The molecule has 8 heteroatoms. The van der Waals surface area contributed by atoms with Crippen molar-refractivity contribution in [2.75, 3.05) is 11.6 Å². The van der Waals surface area contributed by atoms with E-state index in [2.05, 4.69) is 20.0 Å². The van der Waals surface area contributed by atoms with Crippen molar-refractivity contribution in [3.8, 4) is 0 Å². The topological polar surface area (TPSA) is 104 Å². The fourth-order valence-corrected chi connectivity index (χ4v) is 2.20. The van der Waals surface area contributed by atoms with Gasteiger partial charge in [0.15, 0.2) is 0 Å². The van der Waals surface area contributed by atoms with Gasteiger partial charge in [-0.25, -0.2) is 18.1 Å². The van der Waals surface area contributed by atoms with Gasteiger partial charge < -0.3 is 4.98 Å². The molecule has 1 rings (SSSR count). The summed E-state index contributed by atoms with van der Waals surface area (Å²) in [5.41, 5.74) is 0. The fraction of sp³-hybridized carbons (Fsp3) is 0.600. The van der Waals surface area contributed by atoms with Crippen LogP contribution in [0.25, 0.3) is 0 Å². The lowest BCUT2D eigenvalue weighted by molar-refractivity contribution is -0.118. The molecule has 1 atom stereocenters. The molecule has 1 heterocycles. The summed E-state index contributed by atoms with van der Waals surface area (Å²) < 4.78 is 24.7. The first kappa shape index (κ1) is 14.7. The van der Waals surface area contributed by atoms with Gasteiger partial charge in [0.2, 0.25) is 21.9 Å². The number of nitrogens with one attached hydrogen (secondary N) is 3. The van der Waals surface area contributed by atoms with Gasteiger partial charge in [-0.2, -0.15) is 0 Å². The molecular formula is C10H18N4O3S. The van der Waals surface area contributed by atoms with Gasteiger partial charge in [-0.3, -0.25) is 10.1 Å². The van der Waals surface area contributed by atoms with E-state index in [4.69, 9.17) is 0 Å². The number of rotatable bonds is 6. The van der Waals surface area contributed by atoms with Crippen molar-refractivity contribution in [1.82, 2.24) is 14.7 Å². The number of carbonyl (C=O) groups excluding carboxylic acids is 1. The second-order valence-electron chi connectivity index (χ2n) is 4.50. The average Bonchev–Trinajstić information content (AvgIpc) is 2.66. The Kier molecular flexibility index (Phi) is 4.85. The molecule has 0 bridgehead atoms. The Labute approximate surface area is 106 Å². The van der Waals surface area contributed by atoms with E-state index in [9.17, 15) is 13.2 Å². The molecule has 18 heavy (non-hydrogen) atoms. The molecule has 1 unspecified atom stereocenters. The van der Waals surface area contributed by atoms with Crippen LogP contribution in [0.2, 0.25) is 0 Å². The average molecular weight is 274 g/mol. The van der Waals surface area contributed by atoms with E-state index < -0.39 is 22.0 Å². The number of aromatic nitrogens is 2. The first-order valence-corrected chi connectivity index (χ1v) is 7.44. The molecule has 1 aromatic rings. The highest BCUT2D eigenvalue weighted by molar-refractivity contribution is 7.88. The zero-order chi connectivity index (χ0) is 13.8. The highest BCUT2D eigenvalue weighted by Crippen LogP contribution is 2.08. The number of anilines is 1. The highest BCUT2D eigenvalue weighted by atomic mass is 32.2. The smallest absolute Gasteiger partial charge is 0.244 e. The third kappa shape index (κ3) is 5.28. The van der Waals surface area contributed by atoms with E-state index in [1.54, 1.807) is 6.20 Å². The first-order valence-electron chi connectivity index (χ1n) is 5.55.